The first-order valence-corrected chi connectivity index (χ1v) is 16.5. The molecule has 3 heterocycles. The highest BCUT2D eigenvalue weighted by molar-refractivity contribution is 7.61. The SMILES string of the molecule is O=c1ccn(C2OC(COP(=O)(O)OP(=O)(O)OCc3cccc4ccccc34)C3OC(Cc4ccccc4)OC32)c(=O)[nH]1. The molecule has 4 aromatic rings. The standard InChI is InChI=1S/C28H28N2O12P2/c31-23-13-14-30(28(32)29-23)27-26-25(40-24(41-26)15-18-7-2-1-3-8-18)22(39-27)17-38-44(35,36)42-43(33,34)37-16-20-11-6-10-19-9-4-5-12-21(19)20/h1-14,22,24-27H,15-17H2,(H,33,34)(H,35,36)(H,29,31,32). The number of ether oxygens (including phenoxy) is 3. The van der Waals surface area contributed by atoms with Gasteiger partial charge < -0.3 is 24.0 Å². The molecule has 44 heavy (non-hydrogen) atoms. The molecule has 2 saturated heterocycles. The summed E-state index contributed by atoms with van der Waals surface area (Å²) in [5.74, 6) is 0. The fourth-order valence-corrected chi connectivity index (χ4v) is 7.26. The van der Waals surface area contributed by atoms with Crippen LogP contribution in [-0.2, 0) is 49.7 Å². The summed E-state index contributed by atoms with van der Waals surface area (Å²) < 4.78 is 59.0. The predicted molar refractivity (Wildman–Crippen MR) is 154 cm³/mol. The highest BCUT2D eigenvalue weighted by Crippen LogP contribution is 2.61. The van der Waals surface area contributed by atoms with Crippen molar-refractivity contribution in [3.8, 4) is 0 Å². The molecule has 2 aliphatic heterocycles. The Hall–Kier alpha value is -3.26. The highest BCUT2D eigenvalue weighted by atomic mass is 31.3. The number of hydrogen-bond acceptors (Lipinski definition) is 10. The molecule has 1 aromatic heterocycles. The van der Waals surface area contributed by atoms with Crippen LogP contribution in [0.1, 0.15) is 17.4 Å². The molecule has 7 atom stereocenters. The Morgan fingerprint density at radius 2 is 1.52 bits per heavy atom. The second-order valence-corrected chi connectivity index (χ2v) is 13.2. The molecule has 232 valence electrons. The van der Waals surface area contributed by atoms with E-state index in [1.165, 1.54) is 6.20 Å². The second-order valence-electron chi connectivity index (χ2n) is 10.1. The third kappa shape index (κ3) is 7.01. The summed E-state index contributed by atoms with van der Waals surface area (Å²) in [6, 6.07) is 23.1. The number of benzene rings is 3. The van der Waals surface area contributed by atoms with Crippen LogP contribution in [-0.4, -0.2) is 50.5 Å². The molecule has 3 aromatic carbocycles. The van der Waals surface area contributed by atoms with Crippen LogP contribution in [0.2, 0.25) is 0 Å². The lowest BCUT2D eigenvalue weighted by molar-refractivity contribution is -0.150. The largest absolute Gasteiger partial charge is 0.481 e. The van der Waals surface area contributed by atoms with Gasteiger partial charge in [0.25, 0.3) is 5.56 Å². The monoisotopic (exact) mass is 646 g/mol. The Bertz CT molecular complexity index is 1840. The summed E-state index contributed by atoms with van der Waals surface area (Å²) in [6.07, 6.45) is -3.08. The van der Waals surface area contributed by atoms with E-state index in [9.17, 15) is 28.5 Å². The lowest BCUT2D eigenvalue weighted by Crippen LogP contribution is -2.36. The summed E-state index contributed by atoms with van der Waals surface area (Å²) in [4.78, 5) is 46.8. The van der Waals surface area contributed by atoms with E-state index in [-0.39, 0.29) is 6.61 Å². The molecule has 0 saturated carbocycles. The zero-order valence-electron chi connectivity index (χ0n) is 22.9. The van der Waals surface area contributed by atoms with Crippen molar-refractivity contribution < 1.29 is 46.5 Å². The van der Waals surface area contributed by atoms with Gasteiger partial charge in [-0.2, -0.15) is 4.31 Å². The minimum atomic E-state index is -5.18. The molecule has 6 rings (SSSR count). The van der Waals surface area contributed by atoms with Gasteiger partial charge in [-0.1, -0.05) is 72.8 Å². The van der Waals surface area contributed by atoms with Gasteiger partial charge in [-0.25, -0.2) is 13.9 Å². The van der Waals surface area contributed by atoms with Gasteiger partial charge in [0.2, 0.25) is 0 Å². The van der Waals surface area contributed by atoms with Crippen molar-refractivity contribution in [2.45, 2.75) is 43.9 Å². The van der Waals surface area contributed by atoms with Gasteiger partial charge in [0, 0.05) is 18.7 Å². The maximum absolute atomic E-state index is 12.7. The van der Waals surface area contributed by atoms with Gasteiger partial charge in [0.1, 0.15) is 18.3 Å². The Morgan fingerprint density at radius 3 is 2.32 bits per heavy atom. The van der Waals surface area contributed by atoms with Crippen molar-refractivity contribution in [1.29, 1.82) is 0 Å². The van der Waals surface area contributed by atoms with Crippen LogP contribution in [0, 0.1) is 0 Å². The lowest BCUT2D eigenvalue weighted by Gasteiger charge is -2.22. The molecule has 0 aliphatic carbocycles. The van der Waals surface area contributed by atoms with Crippen molar-refractivity contribution in [2.75, 3.05) is 6.61 Å². The zero-order chi connectivity index (χ0) is 30.9. The topological polar surface area (TPSA) is 185 Å². The molecule has 3 N–H and O–H groups in total. The lowest BCUT2D eigenvalue weighted by atomic mass is 10.1. The summed E-state index contributed by atoms with van der Waals surface area (Å²) in [5, 5.41) is 1.65. The van der Waals surface area contributed by atoms with E-state index in [1.807, 2.05) is 48.5 Å². The fraction of sp³-hybridized carbons (Fsp3) is 0.286. The van der Waals surface area contributed by atoms with Crippen molar-refractivity contribution in [1.82, 2.24) is 9.55 Å². The number of fused-ring (bicyclic) bond motifs is 2. The average molecular weight is 646 g/mol. The maximum atomic E-state index is 12.7. The van der Waals surface area contributed by atoms with E-state index >= 15 is 0 Å². The van der Waals surface area contributed by atoms with Gasteiger partial charge in [0.05, 0.1) is 13.2 Å². The molecular formula is C28H28N2O12P2. The molecule has 0 radical (unpaired) electrons. The molecule has 2 aliphatic rings. The van der Waals surface area contributed by atoms with Crippen LogP contribution in [0.3, 0.4) is 0 Å². The predicted octanol–water partition coefficient (Wildman–Crippen LogP) is 3.39. The first kappa shape index (κ1) is 30.8. The summed E-state index contributed by atoms with van der Waals surface area (Å²) in [5.41, 5.74) is 0.103. The van der Waals surface area contributed by atoms with Crippen LogP contribution in [0.25, 0.3) is 10.8 Å². The minimum Gasteiger partial charge on any atom is -0.346 e. The van der Waals surface area contributed by atoms with Crippen LogP contribution in [0.5, 0.6) is 0 Å². The Balaban J connectivity index is 1.13. The van der Waals surface area contributed by atoms with Gasteiger partial charge in [-0.15, -0.1) is 0 Å². The van der Waals surface area contributed by atoms with E-state index in [1.54, 1.807) is 24.3 Å². The number of nitrogens with one attached hydrogen (secondary N) is 1. The molecule has 7 unspecified atom stereocenters. The van der Waals surface area contributed by atoms with E-state index in [0.29, 0.717) is 12.0 Å². The van der Waals surface area contributed by atoms with Gasteiger partial charge in [-0.05, 0) is 21.9 Å². The van der Waals surface area contributed by atoms with E-state index in [4.69, 9.17) is 23.3 Å². The molecule has 0 amide bonds. The Morgan fingerprint density at radius 1 is 0.818 bits per heavy atom. The molecular weight excluding hydrogens is 618 g/mol. The third-order valence-electron chi connectivity index (χ3n) is 7.15. The van der Waals surface area contributed by atoms with Crippen LogP contribution in [0.4, 0.5) is 0 Å². The summed E-state index contributed by atoms with van der Waals surface area (Å²) in [6.45, 7) is -1.03. The van der Waals surface area contributed by atoms with Crippen molar-refractivity contribution in [3.63, 3.8) is 0 Å². The summed E-state index contributed by atoms with van der Waals surface area (Å²) >= 11 is 0. The molecule has 16 heteroatoms. The van der Waals surface area contributed by atoms with Gasteiger partial charge in [0.15, 0.2) is 12.5 Å². The smallest absolute Gasteiger partial charge is 0.346 e. The van der Waals surface area contributed by atoms with E-state index in [2.05, 4.69) is 9.29 Å². The van der Waals surface area contributed by atoms with Gasteiger partial charge in [-0.3, -0.25) is 23.4 Å². The number of aromatic amines is 1. The number of phosphoric ester groups is 2. The first-order chi connectivity index (χ1) is 21.1. The number of nitrogens with zero attached hydrogens (tertiary/aromatic N) is 1. The Labute approximate surface area is 249 Å². The van der Waals surface area contributed by atoms with Crippen LogP contribution >= 0.6 is 15.6 Å². The average Bonchev–Trinajstić information content (AvgIpc) is 3.54. The third-order valence-corrected chi connectivity index (χ3v) is 9.73. The van der Waals surface area contributed by atoms with Crippen LogP contribution < -0.4 is 11.2 Å². The minimum absolute atomic E-state index is 0.359. The van der Waals surface area contributed by atoms with Crippen molar-refractivity contribution in [3.05, 3.63) is 117 Å². The molecule has 0 bridgehead atoms. The highest BCUT2D eigenvalue weighted by Gasteiger charge is 2.54. The number of rotatable bonds is 11. The molecule has 0 spiro atoms. The zero-order valence-corrected chi connectivity index (χ0v) is 24.7. The van der Waals surface area contributed by atoms with Gasteiger partial charge >= 0.3 is 21.3 Å². The van der Waals surface area contributed by atoms with E-state index in [0.717, 1.165) is 27.0 Å². The number of aromatic nitrogens is 2. The summed E-state index contributed by atoms with van der Waals surface area (Å²) in [7, 11) is -10.3. The van der Waals surface area contributed by atoms with Crippen molar-refractivity contribution in [2.24, 2.45) is 0 Å². The fourth-order valence-electron chi connectivity index (χ4n) is 5.20. The normalized spacial score (nSPS) is 25.8. The molecule has 14 nitrogen and oxygen atoms in total. The number of hydrogen-bond donors (Lipinski definition) is 3. The second kappa shape index (κ2) is 12.6. The van der Waals surface area contributed by atoms with Crippen LogP contribution in [0.15, 0.2) is 94.6 Å². The first-order valence-electron chi connectivity index (χ1n) is 13.5. The number of phosphoric acid groups is 2. The number of H-pyrrole nitrogens is 1. The molecule has 2 fully saturated rings. The van der Waals surface area contributed by atoms with E-state index < -0.39 is 64.3 Å². The quantitative estimate of drug-likeness (QED) is 0.202. The maximum Gasteiger partial charge on any atom is 0.481 e. The Kier molecular flexibility index (Phi) is 8.82. The van der Waals surface area contributed by atoms with Crippen molar-refractivity contribution >= 4 is 26.4 Å².